The Labute approximate surface area is 140 Å². The van der Waals surface area contributed by atoms with E-state index in [0.29, 0.717) is 13.2 Å². The maximum atomic E-state index is 9.42. The zero-order chi connectivity index (χ0) is 16.7. The van der Waals surface area contributed by atoms with E-state index >= 15 is 0 Å². The van der Waals surface area contributed by atoms with Crippen molar-refractivity contribution in [1.82, 2.24) is 4.90 Å². The lowest BCUT2D eigenvalue weighted by molar-refractivity contribution is 0.187. The summed E-state index contributed by atoms with van der Waals surface area (Å²) in [4.78, 5) is 6.93. The molecule has 0 saturated heterocycles. The Morgan fingerprint density at radius 2 is 1.83 bits per heavy atom. The third-order valence-corrected chi connectivity index (χ3v) is 7.08. The van der Waals surface area contributed by atoms with Gasteiger partial charge in [-0.25, -0.2) is 0 Å². The van der Waals surface area contributed by atoms with E-state index in [2.05, 4.69) is 16.4 Å². The molecule has 23 heavy (non-hydrogen) atoms. The van der Waals surface area contributed by atoms with Gasteiger partial charge < -0.3 is 18.9 Å². The van der Waals surface area contributed by atoms with Gasteiger partial charge in [0.1, 0.15) is 11.6 Å². The van der Waals surface area contributed by atoms with Gasteiger partial charge in [0.15, 0.2) is 0 Å². The van der Waals surface area contributed by atoms with Gasteiger partial charge in [0.05, 0.1) is 6.54 Å². The Hall–Kier alpha value is -1.37. The summed E-state index contributed by atoms with van der Waals surface area (Å²) in [5, 5.41) is 9.42. The third kappa shape index (κ3) is 5.05. The number of hydrogen-bond acceptors (Lipinski definition) is 5. The van der Waals surface area contributed by atoms with E-state index in [1.165, 1.54) is 0 Å². The summed E-state index contributed by atoms with van der Waals surface area (Å²) in [5.74, 6) is 1.32. The maximum Gasteiger partial charge on any atom is 0.334 e. The quantitative estimate of drug-likeness (QED) is 0.704. The Balaban J connectivity index is 1.90. The van der Waals surface area contributed by atoms with Crippen LogP contribution in [-0.4, -0.2) is 57.3 Å². The van der Waals surface area contributed by atoms with Crippen LogP contribution in [0.2, 0.25) is 12.6 Å². The van der Waals surface area contributed by atoms with Crippen LogP contribution in [-0.2, 0) is 8.85 Å². The zero-order valence-corrected chi connectivity index (χ0v) is 15.4. The molecule has 0 fully saturated rings. The lowest BCUT2D eigenvalue weighted by atomic mass is 10.2. The van der Waals surface area contributed by atoms with E-state index in [9.17, 15) is 5.11 Å². The number of nitrogens with zero attached hydrogens (tertiary/aromatic N) is 2. The summed E-state index contributed by atoms with van der Waals surface area (Å²) in [7, 11) is -2.03. The first-order chi connectivity index (χ1) is 11.1. The highest BCUT2D eigenvalue weighted by Gasteiger charge is 2.30. The SMILES string of the molecule is CCO[Si](C)(CCCN1CCN=C1c1ccc(O)cc1)OCC. The van der Waals surface area contributed by atoms with Gasteiger partial charge in [-0.3, -0.25) is 4.99 Å². The second-order valence-corrected chi connectivity index (χ2v) is 9.19. The molecule has 0 aromatic heterocycles. The fraction of sp³-hybridized carbons (Fsp3) is 0.588. The first-order valence-corrected chi connectivity index (χ1v) is 11.0. The molecule has 0 aliphatic carbocycles. The van der Waals surface area contributed by atoms with Crippen molar-refractivity contribution in [2.75, 3.05) is 32.8 Å². The monoisotopic (exact) mass is 336 g/mol. The fourth-order valence-corrected chi connectivity index (χ4v) is 5.37. The summed E-state index contributed by atoms with van der Waals surface area (Å²) in [6, 6.07) is 8.26. The van der Waals surface area contributed by atoms with E-state index in [0.717, 1.165) is 43.5 Å². The molecule has 0 radical (unpaired) electrons. The summed E-state index contributed by atoms with van der Waals surface area (Å²) < 4.78 is 11.8. The van der Waals surface area contributed by atoms with E-state index in [4.69, 9.17) is 8.85 Å². The van der Waals surface area contributed by atoms with Gasteiger partial charge in [0.25, 0.3) is 0 Å². The molecule has 5 nitrogen and oxygen atoms in total. The highest BCUT2D eigenvalue weighted by atomic mass is 28.4. The minimum Gasteiger partial charge on any atom is -0.508 e. The Morgan fingerprint density at radius 3 is 2.43 bits per heavy atom. The van der Waals surface area contributed by atoms with Crippen LogP contribution in [0.15, 0.2) is 29.3 Å². The lowest BCUT2D eigenvalue weighted by Gasteiger charge is -2.27. The van der Waals surface area contributed by atoms with Gasteiger partial charge in [-0.1, -0.05) is 0 Å². The molecule has 0 spiro atoms. The van der Waals surface area contributed by atoms with Crippen LogP contribution in [0.5, 0.6) is 5.75 Å². The second kappa shape index (κ2) is 8.47. The molecular formula is C17H28N2O3Si. The number of aliphatic imine (C=N–C) groups is 1. The van der Waals surface area contributed by atoms with Crippen LogP contribution >= 0.6 is 0 Å². The first kappa shape index (κ1) is 18.0. The molecule has 6 heteroatoms. The second-order valence-electron chi connectivity index (χ2n) is 5.84. The van der Waals surface area contributed by atoms with E-state index in [1.54, 1.807) is 12.1 Å². The maximum absolute atomic E-state index is 9.42. The van der Waals surface area contributed by atoms with Crippen molar-refractivity contribution in [2.45, 2.75) is 32.9 Å². The number of phenols is 1. The molecule has 0 bridgehead atoms. The molecule has 128 valence electrons. The third-order valence-electron chi connectivity index (χ3n) is 4.01. The van der Waals surface area contributed by atoms with Crippen LogP contribution in [0.1, 0.15) is 25.8 Å². The smallest absolute Gasteiger partial charge is 0.334 e. The highest BCUT2D eigenvalue weighted by molar-refractivity contribution is 6.66. The molecule has 0 amide bonds. The van der Waals surface area contributed by atoms with Crippen molar-refractivity contribution in [3.63, 3.8) is 0 Å². The molecule has 0 atom stereocenters. The van der Waals surface area contributed by atoms with Gasteiger partial charge >= 0.3 is 8.56 Å². The Kier molecular flexibility index (Phi) is 6.62. The highest BCUT2D eigenvalue weighted by Crippen LogP contribution is 2.19. The van der Waals surface area contributed by atoms with Crippen molar-refractivity contribution >= 4 is 14.4 Å². The summed E-state index contributed by atoms with van der Waals surface area (Å²) in [5.41, 5.74) is 1.06. The van der Waals surface area contributed by atoms with Crippen molar-refractivity contribution in [1.29, 1.82) is 0 Å². The van der Waals surface area contributed by atoms with Crippen LogP contribution in [0.3, 0.4) is 0 Å². The molecule has 1 aliphatic heterocycles. The summed E-state index contributed by atoms with van der Waals surface area (Å²) in [6.45, 7) is 10.4. The average molecular weight is 337 g/mol. The summed E-state index contributed by atoms with van der Waals surface area (Å²) >= 11 is 0. The number of benzene rings is 1. The molecule has 1 N–H and O–H groups in total. The zero-order valence-electron chi connectivity index (χ0n) is 14.4. The topological polar surface area (TPSA) is 54.3 Å². The molecule has 1 aromatic rings. The van der Waals surface area contributed by atoms with Crippen molar-refractivity contribution in [2.24, 2.45) is 4.99 Å². The minimum absolute atomic E-state index is 0.286. The molecular weight excluding hydrogens is 308 g/mol. The molecule has 0 unspecified atom stereocenters. The largest absolute Gasteiger partial charge is 0.508 e. The Bertz CT molecular complexity index is 513. The van der Waals surface area contributed by atoms with E-state index in [-0.39, 0.29) is 5.75 Å². The van der Waals surface area contributed by atoms with Gasteiger partial charge in [-0.05, 0) is 57.1 Å². The van der Waals surface area contributed by atoms with Crippen LogP contribution in [0.25, 0.3) is 0 Å². The lowest BCUT2D eigenvalue weighted by Crippen LogP contribution is -2.40. The fourth-order valence-electron chi connectivity index (χ4n) is 2.97. The molecule has 0 saturated carbocycles. The average Bonchev–Trinajstić information content (AvgIpc) is 2.97. The van der Waals surface area contributed by atoms with E-state index < -0.39 is 8.56 Å². The van der Waals surface area contributed by atoms with Gasteiger partial charge in [-0.15, -0.1) is 0 Å². The minimum atomic E-state index is -2.03. The van der Waals surface area contributed by atoms with E-state index in [1.807, 2.05) is 26.0 Å². The van der Waals surface area contributed by atoms with Gasteiger partial charge in [-0.2, -0.15) is 0 Å². The number of amidine groups is 1. The predicted molar refractivity (Wildman–Crippen MR) is 95.4 cm³/mol. The molecule has 1 aliphatic rings. The predicted octanol–water partition coefficient (Wildman–Crippen LogP) is 2.99. The van der Waals surface area contributed by atoms with Gasteiger partial charge in [0.2, 0.25) is 0 Å². The molecule has 1 aromatic carbocycles. The summed E-state index contributed by atoms with van der Waals surface area (Å²) in [6.07, 6.45) is 1.04. The molecule has 2 rings (SSSR count). The van der Waals surface area contributed by atoms with Crippen molar-refractivity contribution in [3.05, 3.63) is 29.8 Å². The first-order valence-electron chi connectivity index (χ1n) is 8.44. The van der Waals surface area contributed by atoms with Crippen LogP contribution < -0.4 is 0 Å². The number of aromatic hydroxyl groups is 1. The van der Waals surface area contributed by atoms with Crippen molar-refractivity contribution in [3.8, 4) is 5.75 Å². The standard InChI is InChI=1S/C17H28N2O3Si/c1-4-21-23(3,22-5-2)14-6-12-19-13-11-18-17(19)15-7-9-16(20)10-8-15/h7-10,20H,4-6,11-14H2,1-3H3. The number of rotatable bonds is 9. The Morgan fingerprint density at radius 1 is 1.17 bits per heavy atom. The number of hydrogen-bond donors (Lipinski definition) is 1. The van der Waals surface area contributed by atoms with Crippen molar-refractivity contribution < 1.29 is 14.0 Å². The van der Waals surface area contributed by atoms with Crippen LogP contribution in [0, 0.1) is 0 Å². The molecule has 1 heterocycles. The van der Waals surface area contributed by atoms with Gasteiger partial charge in [0, 0.05) is 31.9 Å². The normalized spacial score (nSPS) is 15.1. The van der Waals surface area contributed by atoms with Crippen LogP contribution in [0.4, 0.5) is 0 Å². The number of phenolic OH excluding ortho intramolecular Hbond substituents is 1.